The van der Waals surface area contributed by atoms with E-state index in [1.165, 1.54) is 0 Å². The summed E-state index contributed by atoms with van der Waals surface area (Å²) in [5, 5.41) is 6.17. The lowest BCUT2D eigenvalue weighted by Crippen LogP contribution is -2.10. The van der Waals surface area contributed by atoms with Crippen LogP contribution in [0.5, 0.6) is 0 Å². The van der Waals surface area contributed by atoms with Crippen molar-refractivity contribution >= 4 is 22.7 Å². The van der Waals surface area contributed by atoms with E-state index in [9.17, 15) is 0 Å². The zero-order chi connectivity index (χ0) is 11.8. The monoisotopic (exact) mass is 253 g/mol. The van der Waals surface area contributed by atoms with Gasteiger partial charge >= 0.3 is 0 Å². The van der Waals surface area contributed by atoms with Crippen LogP contribution in [0.15, 0.2) is 10.8 Å². The predicted molar refractivity (Wildman–Crippen MR) is 69.8 cm³/mol. The van der Waals surface area contributed by atoms with Crippen molar-refractivity contribution in [3.05, 3.63) is 21.5 Å². The second kappa shape index (κ2) is 4.24. The van der Waals surface area contributed by atoms with Crippen LogP contribution >= 0.6 is 22.7 Å². The molecule has 3 nitrogen and oxygen atoms in total. The molecule has 2 N–H and O–H groups in total. The number of aromatic nitrogens is 2. The second-order valence-corrected chi connectivity index (χ2v) is 6.35. The topological polar surface area (TPSA) is 51.8 Å². The summed E-state index contributed by atoms with van der Waals surface area (Å²) in [4.78, 5) is 9.06. The minimum atomic E-state index is 0.108. The lowest BCUT2D eigenvalue weighted by molar-refractivity contribution is 0.586. The highest BCUT2D eigenvalue weighted by molar-refractivity contribution is 7.14. The van der Waals surface area contributed by atoms with Crippen molar-refractivity contribution in [2.45, 2.75) is 32.7 Å². The van der Waals surface area contributed by atoms with Gasteiger partial charge in [-0.05, 0) is 0 Å². The smallest absolute Gasteiger partial charge is 0.143 e. The highest BCUT2D eigenvalue weighted by Gasteiger charge is 2.19. The van der Waals surface area contributed by atoms with E-state index in [0.29, 0.717) is 6.54 Å². The first kappa shape index (κ1) is 11.7. The van der Waals surface area contributed by atoms with Crippen LogP contribution in [0, 0.1) is 0 Å². The zero-order valence-corrected chi connectivity index (χ0v) is 11.3. The van der Waals surface area contributed by atoms with Crippen molar-refractivity contribution < 1.29 is 0 Å². The average molecular weight is 253 g/mol. The Morgan fingerprint density at radius 2 is 1.94 bits per heavy atom. The number of nitrogens with two attached hydrogens (primary N) is 1. The third kappa shape index (κ3) is 2.31. The van der Waals surface area contributed by atoms with E-state index in [1.54, 1.807) is 22.7 Å². The maximum absolute atomic E-state index is 5.54. The standard InChI is InChI=1S/C11H15N3S2/c1-11(2,3)10-14-8(6-16-10)9-13-7(4-12)5-15-9/h5-6H,4,12H2,1-3H3. The summed E-state index contributed by atoms with van der Waals surface area (Å²) in [6.45, 7) is 7.00. The fraction of sp³-hybridized carbons (Fsp3) is 0.455. The van der Waals surface area contributed by atoms with E-state index in [2.05, 4.69) is 36.1 Å². The molecule has 0 radical (unpaired) electrons. The maximum Gasteiger partial charge on any atom is 0.143 e. The molecule has 0 spiro atoms. The molecule has 2 aromatic heterocycles. The van der Waals surface area contributed by atoms with Crippen LogP contribution in [-0.2, 0) is 12.0 Å². The molecule has 0 atom stereocenters. The van der Waals surface area contributed by atoms with Crippen LogP contribution in [0.4, 0.5) is 0 Å². The predicted octanol–water partition coefficient (Wildman–Crippen LogP) is 3.02. The Balaban J connectivity index is 2.31. The molecule has 5 heteroatoms. The molecule has 0 fully saturated rings. The third-order valence-corrected chi connectivity index (χ3v) is 4.31. The number of nitrogens with zero attached hydrogens (tertiary/aromatic N) is 2. The van der Waals surface area contributed by atoms with Crippen molar-refractivity contribution in [2.24, 2.45) is 5.73 Å². The van der Waals surface area contributed by atoms with Gasteiger partial charge in [-0.1, -0.05) is 20.8 Å². The molecule has 0 aliphatic carbocycles. The summed E-state index contributed by atoms with van der Waals surface area (Å²) in [7, 11) is 0. The Hall–Kier alpha value is -0.780. The Bertz CT molecular complexity index is 479. The first-order valence-corrected chi connectivity index (χ1v) is 6.87. The number of hydrogen-bond acceptors (Lipinski definition) is 5. The van der Waals surface area contributed by atoms with Crippen LogP contribution in [-0.4, -0.2) is 9.97 Å². The van der Waals surface area contributed by atoms with Gasteiger partial charge in [0.1, 0.15) is 10.7 Å². The molecular weight excluding hydrogens is 238 g/mol. The lowest BCUT2D eigenvalue weighted by atomic mass is 9.98. The van der Waals surface area contributed by atoms with Gasteiger partial charge in [-0.25, -0.2) is 9.97 Å². The van der Waals surface area contributed by atoms with Gasteiger partial charge in [0.15, 0.2) is 0 Å². The molecule has 86 valence electrons. The van der Waals surface area contributed by atoms with Crippen molar-refractivity contribution in [3.63, 3.8) is 0 Å². The van der Waals surface area contributed by atoms with Crippen LogP contribution in [0.3, 0.4) is 0 Å². The quantitative estimate of drug-likeness (QED) is 0.895. The SMILES string of the molecule is CC(C)(C)c1nc(-c2nc(CN)cs2)cs1. The lowest BCUT2D eigenvalue weighted by Gasteiger charge is -2.13. The molecule has 0 amide bonds. The molecule has 2 heterocycles. The van der Waals surface area contributed by atoms with Gasteiger partial charge < -0.3 is 5.73 Å². The number of rotatable bonds is 2. The molecule has 0 aromatic carbocycles. The minimum absolute atomic E-state index is 0.108. The Morgan fingerprint density at radius 1 is 1.19 bits per heavy atom. The highest BCUT2D eigenvalue weighted by atomic mass is 32.1. The molecule has 0 aliphatic heterocycles. The molecule has 0 unspecified atom stereocenters. The first-order chi connectivity index (χ1) is 7.50. The van der Waals surface area contributed by atoms with E-state index < -0.39 is 0 Å². The Morgan fingerprint density at radius 3 is 2.44 bits per heavy atom. The normalized spacial score (nSPS) is 12.0. The fourth-order valence-electron chi connectivity index (χ4n) is 1.23. The molecule has 0 bridgehead atoms. The third-order valence-electron chi connectivity index (χ3n) is 2.13. The molecule has 0 saturated heterocycles. The van der Waals surface area contributed by atoms with E-state index in [1.807, 2.05) is 5.38 Å². The van der Waals surface area contributed by atoms with E-state index >= 15 is 0 Å². The van der Waals surface area contributed by atoms with Crippen LogP contribution in [0.25, 0.3) is 10.7 Å². The summed E-state index contributed by atoms with van der Waals surface area (Å²) in [5.74, 6) is 0. The fourth-order valence-corrected chi connectivity index (χ4v) is 2.99. The zero-order valence-electron chi connectivity index (χ0n) is 9.65. The van der Waals surface area contributed by atoms with Crippen LogP contribution in [0.2, 0.25) is 0 Å². The average Bonchev–Trinajstić information content (AvgIpc) is 2.85. The molecule has 2 rings (SSSR count). The van der Waals surface area contributed by atoms with Crippen molar-refractivity contribution in [1.29, 1.82) is 0 Å². The molecule has 0 aliphatic rings. The van der Waals surface area contributed by atoms with Gasteiger partial charge in [0.2, 0.25) is 0 Å². The van der Waals surface area contributed by atoms with Gasteiger partial charge in [0.25, 0.3) is 0 Å². The molecular formula is C11H15N3S2. The molecule has 2 aromatic rings. The second-order valence-electron chi connectivity index (χ2n) is 4.64. The van der Waals surface area contributed by atoms with Crippen molar-refractivity contribution in [1.82, 2.24) is 9.97 Å². The summed E-state index contributed by atoms with van der Waals surface area (Å²) < 4.78 is 0. The van der Waals surface area contributed by atoms with E-state index in [0.717, 1.165) is 21.4 Å². The van der Waals surface area contributed by atoms with Crippen LogP contribution < -0.4 is 5.73 Å². The first-order valence-electron chi connectivity index (χ1n) is 5.11. The summed E-state index contributed by atoms with van der Waals surface area (Å²) >= 11 is 3.30. The maximum atomic E-state index is 5.54. The van der Waals surface area contributed by atoms with Crippen molar-refractivity contribution in [2.75, 3.05) is 0 Å². The Kier molecular flexibility index (Phi) is 3.10. The highest BCUT2D eigenvalue weighted by Crippen LogP contribution is 2.31. The molecule has 16 heavy (non-hydrogen) atoms. The van der Waals surface area contributed by atoms with E-state index in [4.69, 9.17) is 5.73 Å². The minimum Gasteiger partial charge on any atom is -0.325 e. The number of hydrogen-bond donors (Lipinski definition) is 1. The Labute approximate surface area is 103 Å². The summed E-state index contributed by atoms with van der Waals surface area (Å²) in [6.07, 6.45) is 0. The van der Waals surface area contributed by atoms with Gasteiger partial charge in [0.05, 0.1) is 10.7 Å². The van der Waals surface area contributed by atoms with Gasteiger partial charge in [0, 0.05) is 22.7 Å². The van der Waals surface area contributed by atoms with E-state index in [-0.39, 0.29) is 5.41 Å². The van der Waals surface area contributed by atoms with Gasteiger partial charge in [-0.15, -0.1) is 22.7 Å². The van der Waals surface area contributed by atoms with Crippen molar-refractivity contribution in [3.8, 4) is 10.7 Å². The van der Waals surface area contributed by atoms with Gasteiger partial charge in [-0.2, -0.15) is 0 Å². The number of thiazole rings is 2. The molecule has 0 saturated carbocycles. The summed E-state index contributed by atoms with van der Waals surface area (Å²) in [5.41, 5.74) is 7.56. The largest absolute Gasteiger partial charge is 0.325 e. The summed E-state index contributed by atoms with van der Waals surface area (Å²) in [6, 6.07) is 0. The van der Waals surface area contributed by atoms with Gasteiger partial charge in [-0.3, -0.25) is 0 Å². The van der Waals surface area contributed by atoms with Crippen LogP contribution in [0.1, 0.15) is 31.5 Å².